The number of rotatable bonds is 7. The zero-order valence-corrected chi connectivity index (χ0v) is 19.6. The van der Waals surface area contributed by atoms with Crippen molar-refractivity contribution < 1.29 is 9.53 Å². The van der Waals surface area contributed by atoms with Gasteiger partial charge in [-0.25, -0.2) is 0 Å². The van der Waals surface area contributed by atoms with Crippen molar-refractivity contribution in [2.75, 3.05) is 43.5 Å². The van der Waals surface area contributed by atoms with Gasteiger partial charge in [-0.15, -0.1) is 0 Å². The predicted octanol–water partition coefficient (Wildman–Crippen LogP) is 4.25. The second-order valence-electron chi connectivity index (χ2n) is 10.0. The lowest BCUT2D eigenvalue weighted by Gasteiger charge is -2.44. The van der Waals surface area contributed by atoms with Crippen LogP contribution in [0.5, 0.6) is 5.75 Å². The molecule has 1 N–H and O–H groups in total. The molecule has 2 aromatic rings. The van der Waals surface area contributed by atoms with E-state index in [0.717, 1.165) is 69.6 Å². The van der Waals surface area contributed by atoms with E-state index >= 15 is 0 Å². The number of anilines is 2. The van der Waals surface area contributed by atoms with Crippen LogP contribution in [0.1, 0.15) is 49.3 Å². The maximum Gasteiger partial charge on any atom is 0.144 e. The molecule has 1 saturated heterocycles. The van der Waals surface area contributed by atoms with E-state index < -0.39 is 5.54 Å². The number of para-hydroxylation sites is 2. The number of benzene rings is 2. The highest BCUT2D eigenvalue weighted by molar-refractivity contribution is 5.84. The molecule has 1 fully saturated rings. The van der Waals surface area contributed by atoms with E-state index in [0.29, 0.717) is 12.0 Å². The molecule has 0 aromatic heterocycles. The number of carbonyl (C=O) groups excluding carboxylic acids is 1. The van der Waals surface area contributed by atoms with Crippen molar-refractivity contribution >= 4 is 17.7 Å². The molecule has 3 aliphatic rings. The minimum atomic E-state index is -0.517. The fraction of sp³-hybridized carbons (Fsp3) is 0.519. The van der Waals surface area contributed by atoms with Crippen LogP contribution in [-0.4, -0.2) is 56.1 Å². The number of fused-ring (bicyclic) bond motifs is 4. The number of ether oxygens (including phenoxy) is 1. The lowest BCUT2D eigenvalue weighted by atomic mass is 9.88. The van der Waals surface area contributed by atoms with Crippen LogP contribution in [0.2, 0.25) is 0 Å². The molecule has 2 atom stereocenters. The van der Waals surface area contributed by atoms with Crippen LogP contribution in [0.3, 0.4) is 0 Å². The monoisotopic (exact) mass is 433 g/mol. The van der Waals surface area contributed by atoms with Gasteiger partial charge in [0.05, 0.1) is 23.5 Å². The van der Waals surface area contributed by atoms with Gasteiger partial charge in [0.25, 0.3) is 0 Å². The van der Waals surface area contributed by atoms with E-state index in [2.05, 4.69) is 51.5 Å². The molecule has 0 amide bonds. The Balaban J connectivity index is 1.31. The highest BCUT2D eigenvalue weighted by atomic mass is 16.5. The second kappa shape index (κ2) is 8.43. The van der Waals surface area contributed by atoms with Gasteiger partial charge in [-0.2, -0.15) is 0 Å². The molecular formula is C27H35N3O2. The van der Waals surface area contributed by atoms with Crippen LogP contribution in [-0.2, 0) is 17.6 Å². The van der Waals surface area contributed by atoms with Crippen molar-refractivity contribution in [2.24, 2.45) is 0 Å². The van der Waals surface area contributed by atoms with Gasteiger partial charge in [-0.05, 0) is 62.4 Å². The summed E-state index contributed by atoms with van der Waals surface area (Å²) in [6.07, 6.45) is 5.45. The standard InChI is InChI=1S/C27H35N3O2/c1-27(2,18-31)30-24-12-15-29(17-22(24)21-10-5-11-23(28-3)25(21)30)14-6-9-19-7-4-8-20-13-16-32-26(19)20/h4-5,7-8,10-11,18,22,24,28H,6,9,12-17H2,1-3H3. The molecule has 5 rings (SSSR count). The van der Waals surface area contributed by atoms with Crippen LogP contribution in [0, 0.1) is 0 Å². The van der Waals surface area contributed by atoms with Crippen LogP contribution in [0.15, 0.2) is 36.4 Å². The van der Waals surface area contributed by atoms with Crippen molar-refractivity contribution in [3.63, 3.8) is 0 Å². The van der Waals surface area contributed by atoms with E-state index in [1.807, 2.05) is 20.9 Å². The molecule has 2 unspecified atom stereocenters. The summed E-state index contributed by atoms with van der Waals surface area (Å²) in [6.45, 7) is 8.16. The molecule has 0 bridgehead atoms. The highest BCUT2D eigenvalue weighted by Gasteiger charge is 2.47. The Morgan fingerprint density at radius 1 is 1.22 bits per heavy atom. The summed E-state index contributed by atoms with van der Waals surface area (Å²) in [6, 6.07) is 13.5. The van der Waals surface area contributed by atoms with Gasteiger partial charge in [0, 0.05) is 38.5 Å². The van der Waals surface area contributed by atoms with Crippen molar-refractivity contribution in [3.8, 4) is 5.75 Å². The maximum atomic E-state index is 12.0. The minimum absolute atomic E-state index is 0.377. The molecule has 2 aromatic carbocycles. The molecule has 170 valence electrons. The molecule has 5 heteroatoms. The van der Waals surface area contributed by atoms with E-state index in [-0.39, 0.29) is 0 Å². The maximum absolute atomic E-state index is 12.0. The van der Waals surface area contributed by atoms with Crippen LogP contribution >= 0.6 is 0 Å². The topological polar surface area (TPSA) is 44.8 Å². The highest BCUT2D eigenvalue weighted by Crippen LogP contribution is 2.50. The van der Waals surface area contributed by atoms with E-state index in [1.54, 1.807) is 0 Å². The third-order valence-electron chi connectivity index (χ3n) is 7.59. The Bertz CT molecular complexity index is 1000. The van der Waals surface area contributed by atoms with Crippen LogP contribution in [0.4, 0.5) is 11.4 Å². The zero-order valence-electron chi connectivity index (χ0n) is 19.6. The normalized spacial score (nSPS) is 22.2. The Morgan fingerprint density at radius 3 is 2.88 bits per heavy atom. The first-order valence-corrected chi connectivity index (χ1v) is 12.1. The number of hydrogen-bond acceptors (Lipinski definition) is 5. The summed E-state index contributed by atoms with van der Waals surface area (Å²) in [4.78, 5) is 17.1. The SMILES string of the molecule is CNc1cccc2c1N(C(C)(C)C=O)C1CCN(CCCc3cccc4c3OCC4)CC21. The average Bonchev–Trinajstić information content (AvgIpc) is 3.42. The van der Waals surface area contributed by atoms with Gasteiger partial charge in [-0.3, -0.25) is 0 Å². The summed E-state index contributed by atoms with van der Waals surface area (Å²) in [5.41, 5.74) is 5.94. The zero-order chi connectivity index (χ0) is 22.3. The largest absolute Gasteiger partial charge is 0.493 e. The number of aldehydes is 1. The summed E-state index contributed by atoms with van der Waals surface area (Å²) in [5, 5.41) is 3.36. The molecule has 0 spiro atoms. The number of piperidine rings is 1. The van der Waals surface area contributed by atoms with E-state index in [4.69, 9.17) is 4.74 Å². The molecule has 0 radical (unpaired) electrons. The number of nitrogens with one attached hydrogen (secondary N) is 1. The third-order valence-corrected chi connectivity index (χ3v) is 7.59. The summed E-state index contributed by atoms with van der Waals surface area (Å²) < 4.78 is 5.89. The second-order valence-corrected chi connectivity index (χ2v) is 10.0. The number of aryl methyl sites for hydroxylation is 1. The van der Waals surface area contributed by atoms with Crippen molar-refractivity contribution in [1.82, 2.24) is 4.90 Å². The fourth-order valence-corrected chi connectivity index (χ4v) is 6.07. The van der Waals surface area contributed by atoms with E-state index in [1.165, 1.54) is 22.4 Å². The van der Waals surface area contributed by atoms with Crippen LogP contribution in [0.25, 0.3) is 0 Å². The minimum Gasteiger partial charge on any atom is -0.493 e. The molecule has 3 heterocycles. The van der Waals surface area contributed by atoms with Gasteiger partial charge in [0.15, 0.2) is 0 Å². The fourth-order valence-electron chi connectivity index (χ4n) is 6.07. The smallest absolute Gasteiger partial charge is 0.144 e. The summed E-state index contributed by atoms with van der Waals surface area (Å²) in [5.74, 6) is 1.58. The average molecular weight is 434 g/mol. The molecule has 5 nitrogen and oxygen atoms in total. The molecule has 3 aliphatic heterocycles. The van der Waals surface area contributed by atoms with Gasteiger partial charge in [0.2, 0.25) is 0 Å². The van der Waals surface area contributed by atoms with Gasteiger partial charge >= 0.3 is 0 Å². The molecular weight excluding hydrogens is 398 g/mol. The van der Waals surface area contributed by atoms with Gasteiger partial charge in [0.1, 0.15) is 12.0 Å². The van der Waals surface area contributed by atoms with Gasteiger partial charge in [-0.1, -0.05) is 30.3 Å². The quantitative estimate of drug-likeness (QED) is 0.662. The number of carbonyl (C=O) groups is 1. The first-order chi connectivity index (χ1) is 15.5. The van der Waals surface area contributed by atoms with Crippen molar-refractivity contribution in [3.05, 3.63) is 53.1 Å². The lowest BCUT2D eigenvalue weighted by molar-refractivity contribution is -0.111. The lowest BCUT2D eigenvalue weighted by Crippen LogP contribution is -2.54. The number of likely N-dealkylation sites (tertiary alicyclic amines) is 1. The Morgan fingerprint density at radius 2 is 2.06 bits per heavy atom. The molecule has 0 saturated carbocycles. The first-order valence-electron chi connectivity index (χ1n) is 12.1. The summed E-state index contributed by atoms with van der Waals surface area (Å²) >= 11 is 0. The van der Waals surface area contributed by atoms with Crippen molar-refractivity contribution in [1.29, 1.82) is 0 Å². The molecule has 32 heavy (non-hydrogen) atoms. The Labute approximate surface area is 191 Å². The number of nitrogens with zero attached hydrogens (tertiary/aromatic N) is 2. The van der Waals surface area contributed by atoms with E-state index in [9.17, 15) is 4.79 Å². The third kappa shape index (κ3) is 3.57. The Kier molecular flexibility index (Phi) is 5.62. The van der Waals surface area contributed by atoms with Crippen LogP contribution < -0.4 is 15.0 Å². The molecule has 0 aliphatic carbocycles. The first kappa shape index (κ1) is 21.3. The predicted molar refractivity (Wildman–Crippen MR) is 130 cm³/mol. The number of hydrogen-bond donors (Lipinski definition) is 1. The van der Waals surface area contributed by atoms with Gasteiger partial charge < -0.3 is 24.6 Å². The van der Waals surface area contributed by atoms with Crippen molar-refractivity contribution in [2.45, 2.75) is 57.0 Å². The Hall–Kier alpha value is -2.53. The summed E-state index contributed by atoms with van der Waals surface area (Å²) in [7, 11) is 1.97.